The first-order chi connectivity index (χ1) is 3.91. The van der Waals surface area contributed by atoms with Crippen molar-refractivity contribution in [3.05, 3.63) is 37.5 Å². The zero-order valence-corrected chi connectivity index (χ0v) is 4.45. The summed E-state index contributed by atoms with van der Waals surface area (Å²) in [5.74, 6) is 0. The molecular formula is C6H8O2. The fourth-order valence-corrected chi connectivity index (χ4v) is 0.227. The first-order valence-corrected chi connectivity index (χ1v) is 2.14. The summed E-state index contributed by atoms with van der Waals surface area (Å²) in [5.41, 5.74) is 0. The molecule has 0 saturated heterocycles. The Morgan fingerprint density at radius 1 is 1.38 bits per heavy atom. The Bertz CT molecular complexity index is 92.9. The lowest BCUT2D eigenvalue weighted by atomic mass is 10.7. The average Bonchev–Trinajstić information content (AvgIpc) is 2.17. The Kier molecular flexibility index (Phi) is 4.96. The van der Waals surface area contributed by atoms with E-state index < -0.39 is 0 Å². The van der Waals surface area contributed by atoms with Gasteiger partial charge in [-0.1, -0.05) is 6.58 Å². The van der Waals surface area contributed by atoms with Crippen molar-refractivity contribution in [3.8, 4) is 0 Å². The smallest absolute Gasteiger partial charge is 0.0902 e. The molecule has 0 amide bonds. The third-order valence-electron chi connectivity index (χ3n) is 0.425. The summed E-state index contributed by atoms with van der Waals surface area (Å²) in [4.78, 5) is 0. The third kappa shape index (κ3) is 4.82. The van der Waals surface area contributed by atoms with Gasteiger partial charge in [-0.2, -0.15) is 0 Å². The summed E-state index contributed by atoms with van der Waals surface area (Å²) >= 11 is 0. The minimum Gasteiger partial charge on any atom is -0.516 e. The van der Waals surface area contributed by atoms with Crippen LogP contribution < -0.4 is 0 Å². The van der Waals surface area contributed by atoms with Crippen molar-refractivity contribution >= 4 is 0 Å². The van der Waals surface area contributed by atoms with Crippen molar-refractivity contribution in [1.29, 1.82) is 0 Å². The monoisotopic (exact) mass is 112 g/mol. The molecule has 1 aromatic heterocycles. The highest BCUT2D eigenvalue weighted by atomic mass is 16.3. The first-order valence-electron chi connectivity index (χ1n) is 2.14. The Balaban J connectivity index is 0.000000145. The van der Waals surface area contributed by atoms with Gasteiger partial charge >= 0.3 is 0 Å². The fourth-order valence-electron chi connectivity index (χ4n) is 0.227. The Labute approximate surface area is 48.1 Å². The summed E-state index contributed by atoms with van der Waals surface area (Å²) in [6.45, 7) is 2.92. The van der Waals surface area contributed by atoms with E-state index in [4.69, 9.17) is 5.11 Å². The predicted octanol–water partition coefficient (Wildman–Crippen LogP) is 1.97. The largest absolute Gasteiger partial charge is 0.516 e. The van der Waals surface area contributed by atoms with Crippen molar-refractivity contribution < 1.29 is 9.52 Å². The number of aliphatic hydroxyl groups excluding tert-OH is 1. The molecule has 0 fully saturated rings. The molecule has 0 saturated carbocycles. The molecule has 0 aliphatic rings. The van der Waals surface area contributed by atoms with E-state index >= 15 is 0 Å². The zero-order chi connectivity index (χ0) is 6.24. The molecule has 0 aliphatic carbocycles. The normalized spacial score (nSPS) is 6.50. The summed E-state index contributed by atoms with van der Waals surface area (Å²) in [6.07, 6.45) is 4.00. The summed E-state index contributed by atoms with van der Waals surface area (Å²) in [7, 11) is 0. The van der Waals surface area contributed by atoms with Gasteiger partial charge in [0.1, 0.15) is 0 Å². The lowest BCUT2D eigenvalue weighted by Gasteiger charge is -1.50. The highest BCUT2D eigenvalue weighted by molar-refractivity contribution is 4.79. The Morgan fingerprint density at radius 2 is 1.75 bits per heavy atom. The van der Waals surface area contributed by atoms with E-state index in [2.05, 4.69) is 11.0 Å². The molecular weight excluding hydrogens is 104 g/mol. The molecule has 1 N–H and O–H groups in total. The van der Waals surface area contributed by atoms with Gasteiger partial charge in [-0.3, -0.25) is 0 Å². The van der Waals surface area contributed by atoms with Gasteiger partial charge in [0.15, 0.2) is 0 Å². The molecule has 2 heteroatoms. The summed E-state index contributed by atoms with van der Waals surface area (Å²) < 4.78 is 4.58. The first kappa shape index (κ1) is 6.82. The minimum atomic E-state index is 0.750. The number of hydrogen-bond donors (Lipinski definition) is 1. The van der Waals surface area contributed by atoms with Crippen molar-refractivity contribution in [2.75, 3.05) is 0 Å². The fraction of sp³-hybridized carbons (Fsp3) is 0. The number of furan rings is 1. The van der Waals surface area contributed by atoms with Gasteiger partial charge < -0.3 is 9.52 Å². The van der Waals surface area contributed by atoms with Crippen LogP contribution in [0.5, 0.6) is 0 Å². The molecule has 0 radical (unpaired) electrons. The molecule has 0 atom stereocenters. The number of aliphatic hydroxyl groups is 1. The van der Waals surface area contributed by atoms with E-state index in [1.54, 1.807) is 12.5 Å². The maximum Gasteiger partial charge on any atom is 0.0902 e. The van der Waals surface area contributed by atoms with Crippen LogP contribution in [-0.4, -0.2) is 5.11 Å². The Hall–Kier alpha value is -1.18. The van der Waals surface area contributed by atoms with Crippen LogP contribution >= 0.6 is 0 Å². The highest BCUT2D eigenvalue weighted by Gasteiger charge is 1.58. The van der Waals surface area contributed by atoms with Gasteiger partial charge in [-0.15, -0.1) is 0 Å². The van der Waals surface area contributed by atoms with Crippen LogP contribution in [0.3, 0.4) is 0 Å². The second-order valence-electron chi connectivity index (χ2n) is 0.976. The van der Waals surface area contributed by atoms with Crippen molar-refractivity contribution in [1.82, 2.24) is 0 Å². The van der Waals surface area contributed by atoms with E-state index in [1.165, 1.54) is 0 Å². The van der Waals surface area contributed by atoms with E-state index in [0.717, 1.165) is 6.26 Å². The van der Waals surface area contributed by atoms with Gasteiger partial charge in [0.05, 0.1) is 18.8 Å². The lowest BCUT2D eigenvalue weighted by Crippen LogP contribution is -1.25. The van der Waals surface area contributed by atoms with Crippen LogP contribution in [0.2, 0.25) is 0 Å². The topological polar surface area (TPSA) is 33.4 Å². The molecule has 0 bridgehead atoms. The molecule has 0 aromatic carbocycles. The van der Waals surface area contributed by atoms with Crippen LogP contribution in [0.15, 0.2) is 41.9 Å². The second kappa shape index (κ2) is 5.82. The van der Waals surface area contributed by atoms with Gasteiger partial charge in [-0.25, -0.2) is 0 Å². The van der Waals surface area contributed by atoms with Crippen molar-refractivity contribution in [2.24, 2.45) is 0 Å². The molecule has 0 spiro atoms. The summed E-state index contributed by atoms with van der Waals surface area (Å²) in [6, 6.07) is 3.67. The van der Waals surface area contributed by atoms with E-state index in [-0.39, 0.29) is 0 Å². The molecule has 1 heterocycles. The average molecular weight is 112 g/mol. The second-order valence-corrected chi connectivity index (χ2v) is 0.976. The SMILES string of the molecule is C=CO.c1ccoc1. The van der Waals surface area contributed by atoms with Gasteiger partial charge in [0, 0.05) is 0 Å². The maximum absolute atomic E-state index is 7.33. The quantitative estimate of drug-likeness (QED) is 0.520. The number of rotatable bonds is 0. The highest BCUT2D eigenvalue weighted by Crippen LogP contribution is 1.79. The summed E-state index contributed by atoms with van der Waals surface area (Å²) in [5, 5.41) is 7.33. The van der Waals surface area contributed by atoms with E-state index in [9.17, 15) is 0 Å². The molecule has 2 nitrogen and oxygen atoms in total. The van der Waals surface area contributed by atoms with E-state index in [0.29, 0.717) is 0 Å². The molecule has 1 rings (SSSR count). The zero-order valence-electron chi connectivity index (χ0n) is 4.45. The van der Waals surface area contributed by atoms with Crippen LogP contribution in [0, 0.1) is 0 Å². The molecule has 0 aliphatic heterocycles. The molecule has 0 unspecified atom stereocenters. The molecule has 1 aromatic rings. The van der Waals surface area contributed by atoms with E-state index in [1.807, 2.05) is 12.1 Å². The minimum absolute atomic E-state index is 0.750. The van der Waals surface area contributed by atoms with Crippen LogP contribution in [0.1, 0.15) is 0 Å². The lowest BCUT2D eigenvalue weighted by molar-refractivity contribution is 0.476. The maximum atomic E-state index is 7.33. The van der Waals surface area contributed by atoms with Gasteiger partial charge in [0.25, 0.3) is 0 Å². The van der Waals surface area contributed by atoms with Crippen molar-refractivity contribution in [2.45, 2.75) is 0 Å². The van der Waals surface area contributed by atoms with Gasteiger partial charge in [-0.05, 0) is 12.1 Å². The van der Waals surface area contributed by atoms with Crippen LogP contribution in [0.4, 0.5) is 0 Å². The molecule has 8 heavy (non-hydrogen) atoms. The van der Waals surface area contributed by atoms with Gasteiger partial charge in [0.2, 0.25) is 0 Å². The predicted molar refractivity (Wildman–Crippen MR) is 31.5 cm³/mol. The molecule has 44 valence electrons. The van der Waals surface area contributed by atoms with Crippen molar-refractivity contribution in [3.63, 3.8) is 0 Å². The Morgan fingerprint density at radius 3 is 1.88 bits per heavy atom. The van der Waals surface area contributed by atoms with Crippen LogP contribution in [0.25, 0.3) is 0 Å². The van der Waals surface area contributed by atoms with Crippen LogP contribution in [-0.2, 0) is 0 Å². The standard InChI is InChI=1S/C4H4O.C2H4O/c1-2-4-5-3-1;1-2-3/h1-4H;2-3H,1H2. The number of hydrogen-bond acceptors (Lipinski definition) is 2. The third-order valence-corrected chi connectivity index (χ3v) is 0.425.